The Morgan fingerprint density at radius 1 is 1.11 bits per heavy atom. The molecule has 1 saturated heterocycles. The van der Waals surface area contributed by atoms with Gasteiger partial charge in [-0.05, 0) is 31.2 Å². The summed E-state index contributed by atoms with van der Waals surface area (Å²) in [7, 11) is 0. The summed E-state index contributed by atoms with van der Waals surface area (Å²) in [6.45, 7) is 5.90. The SMILES string of the molecule is CC1CN(C2CCCCC2c2ccccc2)CCN1. The van der Waals surface area contributed by atoms with E-state index in [0.717, 1.165) is 18.5 Å². The molecule has 3 unspecified atom stereocenters. The van der Waals surface area contributed by atoms with Crippen LogP contribution in [-0.2, 0) is 0 Å². The molecule has 1 aliphatic carbocycles. The molecule has 1 aromatic carbocycles. The molecule has 3 atom stereocenters. The average Bonchev–Trinajstić information content (AvgIpc) is 2.48. The number of hydrogen-bond acceptors (Lipinski definition) is 2. The predicted octanol–water partition coefficient (Wildman–Crippen LogP) is 3.01. The number of hydrogen-bond donors (Lipinski definition) is 1. The molecule has 2 aliphatic rings. The van der Waals surface area contributed by atoms with Crippen LogP contribution in [0.2, 0.25) is 0 Å². The lowest BCUT2D eigenvalue weighted by Gasteiger charge is -2.44. The Morgan fingerprint density at radius 3 is 2.68 bits per heavy atom. The van der Waals surface area contributed by atoms with Crippen LogP contribution in [0.1, 0.15) is 44.1 Å². The van der Waals surface area contributed by atoms with Crippen molar-refractivity contribution in [2.75, 3.05) is 19.6 Å². The van der Waals surface area contributed by atoms with Crippen molar-refractivity contribution in [1.29, 1.82) is 0 Å². The molecule has 2 fully saturated rings. The molecular weight excluding hydrogens is 232 g/mol. The van der Waals surface area contributed by atoms with Gasteiger partial charge >= 0.3 is 0 Å². The van der Waals surface area contributed by atoms with Crippen LogP contribution in [0, 0.1) is 0 Å². The zero-order valence-corrected chi connectivity index (χ0v) is 12.0. The van der Waals surface area contributed by atoms with E-state index in [0.29, 0.717) is 6.04 Å². The largest absolute Gasteiger partial charge is 0.312 e. The Hall–Kier alpha value is -0.860. The fourth-order valence-corrected chi connectivity index (χ4v) is 3.90. The second-order valence-corrected chi connectivity index (χ2v) is 6.22. The second-order valence-electron chi connectivity index (χ2n) is 6.22. The zero-order chi connectivity index (χ0) is 13.1. The Labute approximate surface area is 117 Å². The first kappa shape index (κ1) is 13.1. The molecule has 2 heteroatoms. The normalized spacial score (nSPS) is 33.2. The summed E-state index contributed by atoms with van der Waals surface area (Å²) in [6.07, 6.45) is 5.56. The van der Waals surface area contributed by atoms with Crippen molar-refractivity contribution in [3.63, 3.8) is 0 Å². The minimum absolute atomic E-state index is 0.645. The Balaban J connectivity index is 1.77. The van der Waals surface area contributed by atoms with Gasteiger partial charge in [-0.3, -0.25) is 4.90 Å². The number of rotatable bonds is 2. The molecule has 19 heavy (non-hydrogen) atoms. The fourth-order valence-electron chi connectivity index (χ4n) is 3.90. The highest BCUT2D eigenvalue weighted by atomic mass is 15.2. The average molecular weight is 258 g/mol. The van der Waals surface area contributed by atoms with Crippen molar-refractivity contribution in [2.45, 2.75) is 50.6 Å². The van der Waals surface area contributed by atoms with Gasteiger partial charge in [-0.25, -0.2) is 0 Å². The van der Waals surface area contributed by atoms with Gasteiger partial charge in [0, 0.05) is 31.7 Å². The van der Waals surface area contributed by atoms with Gasteiger partial charge in [0.2, 0.25) is 0 Å². The van der Waals surface area contributed by atoms with Crippen molar-refractivity contribution >= 4 is 0 Å². The van der Waals surface area contributed by atoms with E-state index in [9.17, 15) is 0 Å². The van der Waals surface area contributed by atoms with Crippen LogP contribution < -0.4 is 5.32 Å². The van der Waals surface area contributed by atoms with Gasteiger partial charge < -0.3 is 5.32 Å². The maximum Gasteiger partial charge on any atom is 0.0167 e. The molecule has 0 spiro atoms. The van der Waals surface area contributed by atoms with E-state index in [2.05, 4.69) is 47.5 Å². The Morgan fingerprint density at radius 2 is 1.89 bits per heavy atom. The smallest absolute Gasteiger partial charge is 0.0167 e. The lowest BCUT2D eigenvalue weighted by Crippen LogP contribution is -2.54. The van der Waals surface area contributed by atoms with Crippen LogP contribution in [0.25, 0.3) is 0 Å². The Kier molecular flexibility index (Phi) is 4.19. The lowest BCUT2D eigenvalue weighted by molar-refractivity contribution is 0.103. The molecule has 0 radical (unpaired) electrons. The van der Waals surface area contributed by atoms with E-state index in [-0.39, 0.29) is 0 Å². The van der Waals surface area contributed by atoms with Gasteiger partial charge in [-0.15, -0.1) is 0 Å². The van der Waals surface area contributed by atoms with Crippen LogP contribution in [-0.4, -0.2) is 36.6 Å². The Bertz CT molecular complexity index is 390. The maximum atomic E-state index is 3.56. The van der Waals surface area contributed by atoms with E-state index in [1.807, 2.05) is 0 Å². The van der Waals surface area contributed by atoms with Gasteiger partial charge in [0.1, 0.15) is 0 Å². The molecule has 3 rings (SSSR count). The number of piperazine rings is 1. The topological polar surface area (TPSA) is 15.3 Å². The van der Waals surface area contributed by atoms with E-state index in [1.165, 1.54) is 38.8 Å². The zero-order valence-electron chi connectivity index (χ0n) is 12.0. The van der Waals surface area contributed by atoms with Gasteiger partial charge in [0.25, 0.3) is 0 Å². The van der Waals surface area contributed by atoms with Gasteiger partial charge in [-0.1, -0.05) is 43.2 Å². The van der Waals surface area contributed by atoms with E-state index < -0.39 is 0 Å². The highest BCUT2D eigenvalue weighted by Crippen LogP contribution is 2.36. The van der Waals surface area contributed by atoms with Crippen molar-refractivity contribution < 1.29 is 0 Å². The molecule has 1 N–H and O–H groups in total. The van der Waals surface area contributed by atoms with Crippen molar-refractivity contribution in [3.8, 4) is 0 Å². The summed E-state index contributed by atoms with van der Waals surface area (Å²) in [5.74, 6) is 0.750. The van der Waals surface area contributed by atoms with Crippen LogP contribution in [0.15, 0.2) is 30.3 Å². The summed E-state index contributed by atoms with van der Waals surface area (Å²) >= 11 is 0. The number of nitrogens with one attached hydrogen (secondary N) is 1. The van der Waals surface area contributed by atoms with Gasteiger partial charge in [0.05, 0.1) is 0 Å². The van der Waals surface area contributed by atoms with Crippen LogP contribution in [0.5, 0.6) is 0 Å². The summed E-state index contributed by atoms with van der Waals surface area (Å²) in [6, 6.07) is 12.6. The molecule has 1 aliphatic heterocycles. The maximum absolute atomic E-state index is 3.56. The first-order valence-electron chi connectivity index (χ1n) is 7.87. The molecule has 0 aromatic heterocycles. The molecule has 1 saturated carbocycles. The van der Waals surface area contributed by atoms with Crippen molar-refractivity contribution in [3.05, 3.63) is 35.9 Å². The van der Waals surface area contributed by atoms with Gasteiger partial charge in [0.15, 0.2) is 0 Å². The standard InChI is InChI=1S/C17H26N2/c1-14-13-19(12-11-18-14)17-10-6-5-9-16(17)15-7-3-2-4-8-15/h2-4,7-8,14,16-18H,5-6,9-13H2,1H3. The van der Waals surface area contributed by atoms with E-state index in [4.69, 9.17) is 0 Å². The first-order valence-corrected chi connectivity index (χ1v) is 7.87. The van der Waals surface area contributed by atoms with Crippen LogP contribution in [0.3, 0.4) is 0 Å². The third kappa shape index (κ3) is 3.01. The highest BCUT2D eigenvalue weighted by Gasteiger charge is 2.32. The molecule has 0 amide bonds. The molecular formula is C17H26N2. The fraction of sp³-hybridized carbons (Fsp3) is 0.647. The number of benzene rings is 1. The lowest BCUT2D eigenvalue weighted by atomic mass is 9.79. The summed E-state index contributed by atoms with van der Waals surface area (Å²) < 4.78 is 0. The minimum Gasteiger partial charge on any atom is -0.312 e. The van der Waals surface area contributed by atoms with Crippen molar-refractivity contribution in [1.82, 2.24) is 10.2 Å². The third-order valence-electron chi connectivity index (χ3n) is 4.83. The summed E-state index contributed by atoms with van der Waals surface area (Å²) in [4.78, 5) is 2.75. The molecule has 1 heterocycles. The minimum atomic E-state index is 0.645. The second kappa shape index (κ2) is 6.06. The highest BCUT2D eigenvalue weighted by molar-refractivity contribution is 5.22. The molecule has 2 nitrogen and oxygen atoms in total. The van der Waals surface area contributed by atoms with E-state index >= 15 is 0 Å². The monoisotopic (exact) mass is 258 g/mol. The molecule has 104 valence electrons. The van der Waals surface area contributed by atoms with Crippen molar-refractivity contribution in [2.24, 2.45) is 0 Å². The summed E-state index contributed by atoms with van der Waals surface area (Å²) in [5.41, 5.74) is 1.55. The van der Waals surface area contributed by atoms with E-state index in [1.54, 1.807) is 5.56 Å². The summed E-state index contributed by atoms with van der Waals surface area (Å²) in [5, 5.41) is 3.56. The molecule has 0 bridgehead atoms. The van der Waals surface area contributed by atoms with Crippen LogP contribution >= 0.6 is 0 Å². The number of nitrogens with zero attached hydrogens (tertiary/aromatic N) is 1. The first-order chi connectivity index (χ1) is 9.34. The quantitative estimate of drug-likeness (QED) is 0.877. The third-order valence-corrected chi connectivity index (χ3v) is 4.83. The van der Waals surface area contributed by atoms with Crippen LogP contribution in [0.4, 0.5) is 0 Å². The van der Waals surface area contributed by atoms with Gasteiger partial charge in [-0.2, -0.15) is 0 Å². The predicted molar refractivity (Wildman–Crippen MR) is 80.5 cm³/mol. The molecule has 1 aromatic rings.